The fourth-order valence-corrected chi connectivity index (χ4v) is 4.11. The lowest BCUT2D eigenvalue weighted by atomic mass is 9.92. The van der Waals surface area contributed by atoms with Crippen molar-refractivity contribution in [3.05, 3.63) is 89.6 Å². The first-order valence-corrected chi connectivity index (χ1v) is 12.4. The fourth-order valence-electron chi connectivity index (χ4n) is 4.11. The molecule has 0 atom stereocenters. The van der Waals surface area contributed by atoms with E-state index in [1.54, 1.807) is 17.9 Å². The summed E-state index contributed by atoms with van der Waals surface area (Å²) in [5.74, 6) is 0.0328. The molecular weight excluding hydrogens is 464 g/mol. The number of ether oxygens (including phenoxy) is 1. The van der Waals surface area contributed by atoms with E-state index in [2.05, 4.69) is 26.1 Å². The van der Waals surface area contributed by atoms with Crippen molar-refractivity contribution in [2.24, 2.45) is 0 Å². The summed E-state index contributed by atoms with van der Waals surface area (Å²) in [6.07, 6.45) is 0. The van der Waals surface area contributed by atoms with Crippen molar-refractivity contribution >= 4 is 28.4 Å². The average Bonchev–Trinajstić information content (AvgIpc) is 3.30. The first-order valence-electron chi connectivity index (χ1n) is 12.4. The lowest BCUT2D eigenvalue weighted by Crippen LogP contribution is -2.40. The van der Waals surface area contributed by atoms with Crippen molar-refractivity contribution in [1.29, 1.82) is 0 Å². The number of amides is 2. The van der Waals surface area contributed by atoms with Crippen LogP contribution < -0.4 is 5.32 Å². The molecule has 37 heavy (non-hydrogen) atoms. The lowest BCUT2D eigenvalue weighted by Gasteiger charge is -2.22. The first-order chi connectivity index (χ1) is 17.7. The Bertz CT molecular complexity index is 1420. The maximum Gasteiger partial charge on any atom is 0.254 e. The molecule has 3 aromatic carbocycles. The van der Waals surface area contributed by atoms with E-state index in [0.717, 1.165) is 27.7 Å². The zero-order valence-corrected chi connectivity index (χ0v) is 22.1. The highest BCUT2D eigenvalue weighted by atomic mass is 16.5. The topological polar surface area (TPSA) is 76.5 Å². The number of nitrogens with zero attached hydrogens (tertiary/aromatic N) is 3. The minimum absolute atomic E-state index is 0.112. The van der Waals surface area contributed by atoms with Crippen LogP contribution in [0.25, 0.3) is 16.5 Å². The molecule has 192 valence electrons. The van der Waals surface area contributed by atoms with Crippen LogP contribution in [0.5, 0.6) is 0 Å². The van der Waals surface area contributed by atoms with Gasteiger partial charge < -0.3 is 15.0 Å². The summed E-state index contributed by atoms with van der Waals surface area (Å²) in [7, 11) is 1.58. The number of hydrogen-bond acceptors (Lipinski definition) is 4. The number of methoxy groups -OCH3 is 1. The normalized spacial score (nSPS) is 11.5. The molecule has 0 aliphatic rings. The van der Waals surface area contributed by atoms with E-state index in [0.29, 0.717) is 24.5 Å². The Morgan fingerprint density at radius 2 is 1.73 bits per heavy atom. The maximum absolute atomic E-state index is 13.4. The van der Waals surface area contributed by atoms with Crippen molar-refractivity contribution in [2.45, 2.75) is 33.1 Å². The third-order valence-electron chi connectivity index (χ3n) is 6.17. The molecule has 2 amide bonds. The summed E-state index contributed by atoms with van der Waals surface area (Å²) in [5.41, 5.74) is 3.13. The Morgan fingerprint density at radius 3 is 2.43 bits per heavy atom. The molecule has 0 aliphatic heterocycles. The third kappa shape index (κ3) is 6.24. The van der Waals surface area contributed by atoms with E-state index in [1.165, 1.54) is 4.90 Å². The summed E-state index contributed by atoms with van der Waals surface area (Å²) in [6, 6.07) is 23.3. The molecule has 4 rings (SSSR count). The molecule has 0 unspecified atom stereocenters. The van der Waals surface area contributed by atoms with Crippen LogP contribution in [0.1, 0.15) is 42.4 Å². The number of carbonyl (C=O) groups is 2. The van der Waals surface area contributed by atoms with Gasteiger partial charge in [-0.05, 0) is 47.5 Å². The molecule has 4 aromatic rings. The highest BCUT2D eigenvalue weighted by Crippen LogP contribution is 2.26. The van der Waals surface area contributed by atoms with Crippen molar-refractivity contribution in [3.8, 4) is 5.69 Å². The Labute approximate surface area is 218 Å². The highest BCUT2D eigenvalue weighted by Gasteiger charge is 2.24. The molecule has 0 radical (unpaired) electrons. The SMILES string of the molecule is COCCN(CC(=O)Nc1cc(C(C)(C)C)nn1-c1cccc(C)c1)C(=O)c1ccc2ccccc2c1. The van der Waals surface area contributed by atoms with Crippen LogP contribution in [-0.2, 0) is 14.9 Å². The number of aryl methyl sites for hydroxylation is 1. The van der Waals surface area contributed by atoms with Gasteiger partial charge in [0, 0.05) is 30.7 Å². The molecule has 7 nitrogen and oxygen atoms in total. The molecule has 1 heterocycles. The number of fused-ring (bicyclic) bond motifs is 1. The number of benzene rings is 3. The van der Waals surface area contributed by atoms with Gasteiger partial charge in [-0.2, -0.15) is 5.10 Å². The van der Waals surface area contributed by atoms with E-state index in [-0.39, 0.29) is 23.8 Å². The Hall–Kier alpha value is -3.97. The van der Waals surface area contributed by atoms with Crippen molar-refractivity contribution in [2.75, 3.05) is 32.1 Å². The van der Waals surface area contributed by atoms with Crippen LogP contribution >= 0.6 is 0 Å². The molecule has 1 N–H and O–H groups in total. The molecular formula is C30H34N4O3. The monoisotopic (exact) mass is 498 g/mol. The van der Waals surface area contributed by atoms with Crippen LogP contribution in [0.4, 0.5) is 5.82 Å². The minimum Gasteiger partial charge on any atom is -0.383 e. The molecule has 0 bridgehead atoms. The van der Waals surface area contributed by atoms with Gasteiger partial charge in [0.05, 0.1) is 18.0 Å². The van der Waals surface area contributed by atoms with Crippen LogP contribution in [0.15, 0.2) is 72.8 Å². The number of aromatic nitrogens is 2. The van der Waals surface area contributed by atoms with Crippen molar-refractivity contribution in [3.63, 3.8) is 0 Å². The van der Waals surface area contributed by atoms with Gasteiger partial charge in [0.25, 0.3) is 5.91 Å². The molecule has 0 saturated carbocycles. The number of nitrogens with one attached hydrogen (secondary N) is 1. The second-order valence-corrected chi connectivity index (χ2v) is 10.2. The van der Waals surface area contributed by atoms with Crippen LogP contribution in [0, 0.1) is 6.92 Å². The molecule has 0 spiro atoms. The van der Waals surface area contributed by atoms with Gasteiger partial charge in [-0.25, -0.2) is 4.68 Å². The van der Waals surface area contributed by atoms with Gasteiger partial charge in [-0.15, -0.1) is 0 Å². The summed E-state index contributed by atoms with van der Waals surface area (Å²) >= 11 is 0. The summed E-state index contributed by atoms with van der Waals surface area (Å²) in [4.78, 5) is 28.2. The Kier molecular flexibility index (Phi) is 7.74. The number of anilines is 1. The Balaban J connectivity index is 1.59. The number of hydrogen-bond donors (Lipinski definition) is 1. The fraction of sp³-hybridized carbons (Fsp3) is 0.300. The largest absolute Gasteiger partial charge is 0.383 e. The smallest absolute Gasteiger partial charge is 0.254 e. The Morgan fingerprint density at radius 1 is 0.973 bits per heavy atom. The molecule has 0 fully saturated rings. The van der Waals surface area contributed by atoms with Gasteiger partial charge in [-0.3, -0.25) is 9.59 Å². The van der Waals surface area contributed by atoms with E-state index in [4.69, 9.17) is 9.84 Å². The maximum atomic E-state index is 13.4. The zero-order valence-electron chi connectivity index (χ0n) is 22.1. The number of rotatable bonds is 8. The van der Waals surface area contributed by atoms with E-state index in [1.807, 2.05) is 73.7 Å². The number of carbonyl (C=O) groups excluding carboxylic acids is 2. The molecule has 1 aromatic heterocycles. The highest BCUT2D eigenvalue weighted by molar-refractivity contribution is 6.01. The lowest BCUT2D eigenvalue weighted by molar-refractivity contribution is -0.117. The molecule has 0 saturated heterocycles. The average molecular weight is 499 g/mol. The minimum atomic E-state index is -0.306. The quantitative estimate of drug-likeness (QED) is 0.355. The predicted molar refractivity (Wildman–Crippen MR) is 147 cm³/mol. The van der Waals surface area contributed by atoms with Crippen molar-refractivity contribution < 1.29 is 14.3 Å². The zero-order chi connectivity index (χ0) is 26.6. The van der Waals surface area contributed by atoms with Crippen LogP contribution in [0.2, 0.25) is 0 Å². The molecule has 7 heteroatoms. The second-order valence-electron chi connectivity index (χ2n) is 10.2. The van der Waals surface area contributed by atoms with Gasteiger partial charge in [0.2, 0.25) is 5.91 Å². The second kappa shape index (κ2) is 11.0. The van der Waals surface area contributed by atoms with Crippen molar-refractivity contribution in [1.82, 2.24) is 14.7 Å². The van der Waals surface area contributed by atoms with Gasteiger partial charge in [-0.1, -0.05) is 63.2 Å². The van der Waals surface area contributed by atoms with Gasteiger partial charge in [0.15, 0.2) is 0 Å². The summed E-state index contributed by atoms with van der Waals surface area (Å²) in [6.45, 7) is 8.76. The standard InChI is InChI=1S/C30H34N4O3/c1-21-9-8-12-25(17-21)34-27(19-26(32-34)30(2,3)4)31-28(35)20-33(15-16-37-5)29(36)24-14-13-22-10-6-7-11-23(22)18-24/h6-14,17-19H,15-16,20H2,1-5H3,(H,31,35). The summed E-state index contributed by atoms with van der Waals surface area (Å²) < 4.78 is 6.96. The van der Waals surface area contributed by atoms with Gasteiger partial charge in [0.1, 0.15) is 12.4 Å². The van der Waals surface area contributed by atoms with E-state index in [9.17, 15) is 9.59 Å². The molecule has 0 aliphatic carbocycles. The summed E-state index contributed by atoms with van der Waals surface area (Å²) in [5, 5.41) is 9.81. The van der Waals surface area contributed by atoms with Crippen LogP contribution in [-0.4, -0.2) is 53.3 Å². The third-order valence-corrected chi connectivity index (χ3v) is 6.17. The first kappa shape index (κ1) is 26.1. The van der Waals surface area contributed by atoms with E-state index < -0.39 is 0 Å². The van der Waals surface area contributed by atoms with Gasteiger partial charge >= 0.3 is 0 Å². The van der Waals surface area contributed by atoms with Crippen LogP contribution in [0.3, 0.4) is 0 Å². The predicted octanol–water partition coefficient (Wildman–Crippen LogP) is 5.36. The van der Waals surface area contributed by atoms with E-state index >= 15 is 0 Å².